The molecule has 1 saturated heterocycles. The summed E-state index contributed by atoms with van der Waals surface area (Å²) in [6.07, 6.45) is 0. The highest BCUT2D eigenvalue weighted by Gasteiger charge is 2.22. The zero-order chi connectivity index (χ0) is 22.3. The Morgan fingerprint density at radius 3 is 2.47 bits per heavy atom. The van der Waals surface area contributed by atoms with Crippen molar-refractivity contribution in [1.29, 1.82) is 0 Å². The van der Waals surface area contributed by atoms with Gasteiger partial charge in [-0.1, -0.05) is 35.5 Å². The van der Waals surface area contributed by atoms with Gasteiger partial charge in [0.15, 0.2) is 0 Å². The van der Waals surface area contributed by atoms with Crippen LogP contribution in [-0.4, -0.2) is 54.6 Å². The lowest BCUT2D eigenvalue weighted by Crippen LogP contribution is -2.51. The van der Waals surface area contributed by atoms with Gasteiger partial charge in [0.05, 0.1) is 23.6 Å². The fourth-order valence-electron chi connectivity index (χ4n) is 3.63. The van der Waals surface area contributed by atoms with Crippen LogP contribution in [0.25, 0.3) is 0 Å². The maximum atomic E-state index is 12.8. The van der Waals surface area contributed by atoms with Gasteiger partial charge in [0, 0.05) is 42.8 Å². The van der Waals surface area contributed by atoms with Crippen molar-refractivity contribution in [1.82, 2.24) is 15.4 Å². The summed E-state index contributed by atoms with van der Waals surface area (Å²) in [5.41, 5.74) is 2.55. The van der Waals surface area contributed by atoms with E-state index in [0.29, 0.717) is 24.4 Å². The molecule has 2 amide bonds. The largest absolute Gasteiger partial charge is 0.368 e. The van der Waals surface area contributed by atoms with Gasteiger partial charge in [0.2, 0.25) is 5.91 Å². The van der Waals surface area contributed by atoms with Crippen molar-refractivity contribution >= 4 is 29.3 Å². The van der Waals surface area contributed by atoms with Crippen LogP contribution in [-0.2, 0) is 10.5 Å². The highest BCUT2D eigenvalue weighted by molar-refractivity contribution is 7.98. The van der Waals surface area contributed by atoms with Gasteiger partial charge in [-0.05, 0) is 31.2 Å². The van der Waals surface area contributed by atoms with E-state index in [1.165, 1.54) is 17.4 Å². The number of piperazine rings is 1. The third-order valence-electron chi connectivity index (χ3n) is 5.33. The summed E-state index contributed by atoms with van der Waals surface area (Å²) in [5.74, 6) is 1.02. The molecule has 0 radical (unpaired) electrons. The minimum absolute atomic E-state index is 0.00945. The molecule has 1 aliphatic rings. The number of anilines is 1. The van der Waals surface area contributed by atoms with E-state index in [1.54, 1.807) is 6.07 Å². The molecule has 0 bridgehead atoms. The number of para-hydroxylation sites is 1. The lowest BCUT2D eigenvalue weighted by Gasteiger charge is -2.36. The second-order valence-corrected chi connectivity index (χ2v) is 8.62. The summed E-state index contributed by atoms with van der Waals surface area (Å²) in [4.78, 5) is 30.3. The highest BCUT2D eigenvalue weighted by atomic mass is 32.2. The quantitative estimate of drug-likeness (QED) is 0.556. The molecule has 1 aliphatic heterocycles. The van der Waals surface area contributed by atoms with Crippen molar-refractivity contribution < 1.29 is 14.1 Å². The number of carbonyl (C=O) groups is 2. The van der Waals surface area contributed by atoms with Gasteiger partial charge >= 0.3 is 0 Å². The fourth-order valence-corrected chi connectivity index (χ4v) is 4.55. The van der Waals surface area contributed by atoms with Crippen molar-refractivity contribution in [2.45, 2.75) is 17.6 Å². The van der Waals surface area contributed by atoms with E-state index >= 15 is 0 Å². The van der Waals surface area contributed by atoms with Crippen molar-refractivity contribution in [3.8, 4) is 0 Å². The van der Waals surface area contributed by atoms with Crippen molar-refractivity contribution in [3.05, 3.63) is 77.7 Å². The molecule has 2 aromatic carbocycles. The second-order valence-electron chi connectivity index (χ2n) is 7.61. The number of hydrogen-bond donors (Lipinski definition) is 1. The maximum Gasteiger partial charge on any atom is 0.252 e. The topological polar surface area (TPSA) is 78.7 Å². The van der Waals surface area contributed by atoms with Gasteiger partial charge in [-0.15, -0.1) is 11.8 Å². The molecule has 4 rings (SSSR count). The van der Waals surface area contributed by atoms with E-state index in [0.717, 1.165) is 29.4 Å². The zero-order valence-corrected chi connectivity index (χ0v) is 18.8. The third-order valence-corrected chi connectivity index (χ3v) is 6.43. The first-order valence-electron chi connectivity index (χ1n) is 10.6. The average Bonchev–Trinajstić information content (AvgIpc) is 3.27. The van der Waals surface area contributed by atoms with Crippen LogP contribution in [0.3, 0.4) is 0 Å². The van der Waals surface area contributed by atoms with Gasteiger partial charge < -0.3 is 19.6 Å². The molecule has 1 N–H and O–H groups in total. The monoisotopic (exact) mass is 450 g/mol. The SMILES string of the molecule is Cc1cc(CSc2ccccc2C(=O)NCC(=O)N2CCN(c3ccccc3)CC2)on1. The zero-order valence-electron chi connectivity index (χ0n) is 18.0. The Hall–Kier alpha value is -3.26. The van der Waals surface area contributed by atoms with Crippen LogP contribution in [0.4, 0.5) is 5.69 Å². The van der Waals surface area contributed by atoms with Gasteiger partial charge in [-0.25, -0.2) is 0 Å². The van der Waals surface area contributed by atoms with E-state index in [-0.39, 0.29) is 18.4 Å². The standard InChI is InChI=1S/C24H26N4O3S/c1-18-15-20(31-26-18)17-32-22-10-6-5-9-21(22)24(30)25-16-23(29)28-13-11-27(12-14-28)19-7-3-2-4-8-19/h2-10,15H,11-14,16-17H2,1H3,(H,25,30). The number of benzene rings is 2. The molecule has 1 fully saturated rings. The normalized spacial score (nSPS) is 13.8. The van der Waals surface area contributed by atoms with Crippen LogP contribution in [0, 0.1) is 6.92 Å². The maximum absolute atomic E-state index is 12.8. The smallest absolute Gasteiger partial charge is 0.252 e. The number of rotatable bonds is 7. The molecular formula is C24H26N4O3S. The molecule has 7 nitrogen and oxygen atoms in total. The Labute approximate surface area is 191 Å². The number of carbonyl (C=O) groups excluding carboxylic acids is 2. The van der Waals surface area contributed by atoms with Crippen LogP contribution in [0.2, 0.25) is 0 Å². The summed E-state index contributed by atoms with van der Waals surface area (Å²) in [5, 5.41) is 6.68. The van der Waals surface area contributed by atoms with E-state index in [9.17, 15) is 9.59 Å². The number of hydrogen-bond acceptors (Lipinski definition) is 6. The van der Waals surface area contributed by atoms with E-state index < -0.39 is 0 Å². The van der Waals surface area contributed by atoms with Crippen LogP contribution in [0.15, 0.2) is 70.1 Å². The van der Waals surface area contributed by atoms with Gasteiger partial charge in [-0.2, -0.15) is 0 Å². The van der Waals surface area contributed by atoms with Crippen molar-refractivity contribution in [2.24, 2.45) is 0 Å². The molecule has 1 aromatic heterocycles. The molecule has 0 saturated carbocycles. The highest BCUT2D eigenvalue weighted by Crippen LogP contribution is 2.26. The minimum Gasteiger partial charge on any atom is -0.368 e. The fraction of sp³-hybridized carbons (Fsp3) is 0.292. The number of aromatic nitrogens is 1. The summed E-state index contributed by atoms with van der Waals surface area (Å²) in [7, 11) is 0. The van der Waals surface area contributed by atoms with Crippen LogP contribution < -0.4 is 10.2 Å². The molecule has 32 heavy (non-hydrogen) atoms. The molecular weight excluding hydrogens is 424 g/mol. The first kappa shape index (κ1) is 22.0. The Morgan fingerprint density at radius 2 is 1.75 bits per heavy atom. The molecule has 166 valence electrons. The van der Waals surface area contributed by atoms with Crippen LogP contribution >= 0.6 is 11.8 Å². The van der Waals surface area contributed by atoms with Gasteiger partial charge in [0.25, 0.3) is 5.91 Å². The lowest BCUT2D eigenvalue weighted by molar-refractivity contribution is -0.130. The Morgan fingerprint density at radius 1 is 1.03 bits per heavy atom. The predicted octanol–water partition coefficient (Wildman–Crippen LogP) is 3.35. The molecule has 3 aromatic rings. The first-order chi connectivity index (χ1) is 15.6. The molecule has 0 atom stereocenters. The number of nitrogens with zero attached hydrogens (tertiary/aromatic N) is 3. The number of amides is 2. The summed E-state index contributed by atoms with van der Waals surface area (Å²) < 4.78 is 5.24. The Balaban J connectivity index is 1.28. The third kappa shape index (κ3) is 5.50. The van der Waals surface area contributed by atoms with Crippen LogP contribution in [0.5, 0.6) is 0 Å². The van der Waals surface area contributed by atoms with Crippen molar-refractivity contribution in [3.63, 3.8) is 0 Å². The second kappa shape index (κ2) is 10.4. The van der Waals surface area contributed by atoms with Gasteiger partial charge in [-0.3, -0.25) is 9.59 Å². The molecule has 0 aliphatic carbocycles. The summed E-state index contributed by atoms with van der Waals surface area (Å²) >= 11 is 1.51. The van der Waals surface area contributed by atoms with Gasteiger partial charge in [0.1, 0.15) is 5.76 Å². The number of aryl methyl sites for hydroxylation is 1. The molecule has 0 spiro atoms. The Kier molecular flexibility index (Phi) is 7.11. The van der Waals surface area contributed by atoms with E-state index in [4.69, 9.17) is 4.52 Å². The summed E-state index contributed by atoms with van der Waals surface area (Å²) in [6.45, 7) is 4.72. The molecule has 8 heteroatoms. The van der Waals surface area contributed by atoms with E-state index in [1.807, 2.05) is 54.3 Å². The van der Waals surface area contributed by atoms with Crippen molar-refractivity contribution in [2.75, 3.05) is 37.6 Å². The number of nitrogens with one attached hydrogen (secondary N) is 1. The first-order valence-corrected chi connectivity index (χ1v) is 11.6. The van der Waals surface area contributed by atoms with E-state index in [2.05, 4.69) is 27.5 Å². The lowest BCUT2D eigenvalue weighted by atomic mass is 10.2. The summed E-state index contributed by atoms with van der Waals surface area (Å²) in [6, 6.07) is 19.5. The predicted molar refractivity (Wildman–Crippen MR) is 125 cm³/mol. The Bertz CT molecular complexity index is 1060. The minimum atomic E-state index is -0.252. The number of thioether (sulfide) groups is 1. The average molecular weight is 451 g/mol. The molecule has 2 heterocycles. The van der Waals surface area contributed by atoms with Crippen LogP contribution in [0.1, 0.15) is 21.8 Å². The molecule has 0 unspecified atom stereocenters.